The zero-order chi connectivity index (χ0) is 11.7. The third-order valence-electron chi connectivity index (χ3n) is 3.54. The van der Waals surface area contributed by atoms with Gasteiger partial charge in [-0.15, -0.1) is 0 Å². The van der Waals surface area contributed by atoms with Gasteiger partial charge < -0.3 is 0 Å². The summed E-state index contributed by atoms with van der Waals surface area (Å²) in [5.74, 6) is 0.662. The summed E-state index contributed by atoms with van der Waals surface area (Å²) in [5.41, 5.74) is 3.15. The second-order valence-corrected chi connectivity index (χ2v) is 4.81. The number of halogens is 1. The van der Waals surface area contributed by atoms with Crippen LogP contribution in [0.3, 0.4) is 0 Å². The quantitative estimate of drug-likeness (QED) is 0.600. The average molecular weight is 218 g/mol. The van der Waals surface area contributed by atoms with Crippen LogP contribution in [0.15, 0.2) is 24.3 Å². The first-order chi connectivity index (χ1) is 7.63. The topological polar surface area (TPSA) is 0 Å². The van der Waals surface area contributed by atoms with Gasteiger partial charge in [-0.05, 0) is 54.4 Å². The van der Waals surface area contributed by atoms with Crippen molar-refractivity contribution in [2.75, 3.05) is 0 Å². The minimum atomic E-state index is -0.0163. The standard InChI is InChI=1S/C15H19F/c1-4-12-7-5-6-11(3)13-8-10(2)9-14(16)15(12)13/h5-6,8-9,11-12H,4,7H2,1-3H3/t11-,12-/m1/s1. The zero-order valence-corrected chi connectivity index (χ0v) is 10.3. The van der Waals surface area contributed by atoms with Gasteiger partial charge in [0.15, 0.2) is 0 Å². The van der Waals surface area contributed by atoms with E-state index in [0.717, 1.165) is 24.0 Å². The van der Waals surface area contributed by atoms with Crippen molar-refractivity contribution in [2.45, 2.75) is 45.4 Å². The molecule has 2 atom stereocenters. The van der Waals surface area contributed by atoms with Gasteiger partial charge in [0.05, 0.1) is 0 Å². The predicted molar refractivity (Wildman–Crippen MR) is 66.3 cm³/mol. The molecule has 0 heterocycles. The largest absolute Gasteiger partial charge is 0.207 e. The first kappa shape index (κ1) is 11.4. The molecule has 1 heteroatoms. The minimum absolute atomic E-state index is 0.0163. The number of allylic oxidation sites excluding steroid dienone is 2. The third-order valence-corrected chi connectivity index (χ3v) is 3.54. The van der Waals surface area contributed by atoms with E-state index < -0.39 is 0 Å². The lowest BCUT2D eigenvalue weighted by atomic mass is 9.86. The molecule has 0 N–H and O–H groups in total. The average Bonchev–Trinajstić information content (AvgIpc) is 2.38. The number of hydrogen-bond donors (Lipinski definition) is 0. The summed E-state index contributed by atoms with van der Waals surface area (Å²) < 4.78 is 14.1. The van der Waals surface area contributed by atoms with Gasteiger partial charge in [0.2, 0.25) is 0 Å². The van der Waals surface area contributed by atoms with Crippen LogP contribution >= 0.6 is 0 Å². The SMILES string of the molecule is CC[C@@H]1CC=C[C@@H](C)c2cc(C)cc(F)c21. The van der Waals surface area contributed by atoms with Crippen molar-refractivity contribution in [2.24, 2.45) is 0 Å². The van der Waals surface area contributed by atoms with Crippen LogP contribution in [0.5, 0.6) is 0 Å². The molecule has 0 unspecified atom stereocenters. The Balaban J connectivity index is 2.61. The molecule has 1 aliphatic carbocycles. The van der Waals surface area contributed by atoms with E-state index >= 15 is 0 Å². The molecular formula is C15H19F. The molecule has 0 saturated heterocycles. The summed E-state index contributed by atoms with van der Waals surface area (Å²) in [7, 11) is 0. The Bertz CT molecular complexity index is 418. The minimum Gasteiger partial charge on any atom is -0.207 e. The second-order valence-electron chi connectivity index (χ2n) is 4.81. The lowest BCUT2D eigenvalue weighted by molar-refractivity contribution is 0.564. The molecule has 0 aromatic heterocycles. The van der Waals surface area contributed by atoms with Gasteiger partial charge in [-0.2, -0.15) is 0 Å². The molecule has 0 fully saturated rings. The zero-order valence-electron chi connectivity index (χ0n) is 10.3. The number of benzene rings is 1. The van der Waals surface area contributed by atoms with Crippen molar-refractivity contribution in [1.29, 1.82) is 0 Å². The molecule has 0 amide bonds. The molecular weight excluding hydrogens is 199 g/mol. The normalized spacial score (nSPS) is 24.0. The van der Waals surface area contributed by atoms with E-state index in [1.165, 1.54) is 5.56 Å². The maximum Gasteiger partial charge on any atom is 0.127 e. The van der Waals surface area contributed by atoms with Crippen LogP contribution < -0.4 is 0 Å². The van der Waals surface area contributed by atoms with Gasteiger partial charge in [-0.1, -0.05) is 32.1 Å². The Morgan fingerprint density at radius 2 is 2.12 bits per heavy atom. The predicted octanol–water partition coefficient (Wildman–Crippen LogP) is 4.69. The molecule has 0 saturated carbocycles. The number of fused-ring (bicyclic) bond motifs is 1. The fourth-order valence-electron chi connectivity index (χ4n) is 2.63. The molecule has 86 valence electrons. The fraction of sp³-hybridized carbons (Fsp3) is 0.467. The molecule has 0 nitrogen and oxygen atoms in total. The van der Waals surface area contributed by atoms with E-state index in [9.17, 15) is 4.39 Å². The lowest BCUT2D eigenvalue weighted by Crippen LogP contribution is -2.05. The van der Waals surface area contributed by atoms with Crippen molar-refractivity contribution < 1.29 is 4.39 Å². The summed E-state index contributed by atoms with van der Waals surface area (Å²) in [6.07, 6.45) is 6.37. The van der Waals surface area contributed by atoms with Gasteiger partial charge in [-0.3, -0.25) is 0 Å². The van der Waals surface area contributed by atoms with E-state index in [2.05, 4.69) is 32.1 Å². The number of hydrogen-bond acceptors (Lipinski definition) is 0. The third kappa shape index (κ3) is 1.91. The van der Waals surface area contributed by atoms with Gasteiger partial charge in [0, 0.05) is 0 Å². The summed E-state index contributed by atoms with van der Waals surface area (Å²) in [5, 5.41) is 0. The van der Waals surface area contributed by atoms with Crippen molar-refractivity contribution in [1.82, 2.24) is 0 Å². The molecule has 0 spiro atoms. The molecule has 16 heavy (non-hydrogen) atoms. The van der Waals surface area contributed by atoms with Crippen LogP contribution in [-0.2, 0) is 0 Å². The van der Waals surface area contributed by atoms with Crippen molar-refractivity contribution in [3.63, 3.8) is 0 Å². The number of aryl methyl sites for hydroxylation is 1. The highest BCUT2D eigenvalue weighted by molar-refractivity contribution is 5.41. The lowest BCUT2D eigenvalue weighted by Gasteiger charge is -2.19. The summed E-state index contributed by atoms with van der Waals surface area (Å²) in [6.45, 7) is 6.25. The smallest absolute Gasteiger partial charge is 0.127 e. The first-order valence-electron chi connectivity index (χ1n) is 6.10. The van der Waals surface area contributed by atoms with Crippen LogP contribution in [0.2, 0.25) is 0 Å². The van der Waals surface area contributed by atoms with Gasteiger partial charge in [-0.25, -0.2) is 4.39 Å². The highest BCUT2D eigenvalue weighted by Gasteiger charge is 2.22. The van der Waals surface area contributed by atoms with Crippen LogP contribution in [0.4, 0.5) is 4.39 Å². The van der Waals surface area contributed by atoms with Crippen LogP contribution in [0.25, 0.3) is 0 Å². The molecule has 2 rings (SSSR count). The van der Waals surface area contributed by atoms with Crippen LogP contribution in [0.1, 0.15) is 55.2 Å². The maximum atomic E-state index is 14.1. The highest BCUT2D eigenvalue weighted by atomic mass is 19.1. The summed E-state index contributed by atoms with van der Waals surface area (Å²) in [4.78, 5) is 0. The number of rotatable bonds is 1. The van der Waals surface area contributed by atoms with Crippen molar-refractivity contribution in [3.8, 4) is 0 Å². The van der Waals surface area contributed by atoms with E-state index in [4.69, 9.17) is 0 Å². The summed E-state index contributed by atoms with van der Waals surface area (Å²) >= 11 is 0. The molecule has 1 aromatic rings. The summed E-state index contributed by atoms with van der Waals surface area (Å²) in [6, 6.07) is 3.81. The second kappa shape index (κ2) is 4.40. The highest BCUT2D eigenvalue weighted by Crippen LogP contribution is 2.37. The molecule has 0 bridgehead atoms. The van der Waals surface area contributed by atoms with E-state index in [0.29, 0.717) is 11.8 Å². The van der Waals surface area contributed by atoms with Gasteiger partial charge >= 0.3 is 0 Å². The Labute approximate surface area is 97.2 Å². The Kier molecular flexibility index (Phi) is 3.13. The van der Waals surface area contributed by atoms with Gasteiger partial charge in [0.1, 0.15) is 5.82 Å². The van der Waals surface area contributed by atoms with E-state index in [1.54, 1.807) is 6.07 Å². The monoisotopic (exact) mass is 218 g/mol. The van der Waals surface area contributed by atoms with E-state index in [1.807, 2.05) is 6.92 Å². The molecule has 1 aromatic carbocycles. The molecule has 0 radical (unpaired) electrons. The van der Waals surface area contributed by atoms with Gasteiger partial charge in [0.25, 0.3) is 0 Å². The van der Waals surface area contributed by atoms with Crippen LogP contribution in [0, 0.1) is 12.7 Å². The van der Waals surface area contributed by atoms with Crippen molar-refractivity contribution in [3.05, 3.63) is 46.8 Å². The maximum absolute atomic E-state index is 14.1. The Hall–Kier alpha value is -1.11. The van der Waals surface area contributed by atoms with Crippen LogP contribution in [-0.4, -0.2) is 0 Å². The Morgan fingerprint density at radius 1 is 1.38 bits per heavy atom. The first-order valence-corrected chi connectivity index (χ1v) is 6.10. The van der Waals surface area contributed by atoms with Crippen molar-refractivity contribution >= 4 is 0 Å². The fourth-order valence-corrected chi connectivity index (χ4v) is 2.63. The molecule has 1 aliphatic rings. The van der Waals surface area contributed by atoms with E-state index in [-0.39, 0.29) is 5.82 Å². The Morgan fingerprint density at radius 3 is 2.81 bits per heavy atom. The molecule has 0 aliphatic heterocycles.